The second-order valence-corrected chi connectivity index (χ2v) is 4.57. The smallest absolute Gasteiger partial charge is 0.122 e. The van der Waals surface area contributed by atoms with Crippen molar-refractivity contribution in [3.63, 3.8) is 0 Å². The first kappa shape index (κ1) is 13.5. The monoisotopic (exact) mass is 257 g/mol. The molecule has 1 aromatic carbocycles. The summed E-state index contributed by atoms with van der Waals surface area (Å²) in [6.07, 6.45) is 5.22. The molecule has 0 aliphatic heterocycles. The Bertz CT molecular complexity index is 555. The number of nitrogens with one attached hydrogen (secondary N) is 1. The molecule has 1 N–H and O–H groups in total. The van der Waals surface area contributed by atoms with Crippen LogP contribution in [0.5, 0.6) is 5.75 Å². The molecule has 0 aliphatic rings. The molecule has 4 nitrogen and oxygen atoms in total. The van der Waals surface area contributed by atoms with Gasteiger partial charge in [0.15, 0.2) is 0 Å². The fourth-order valence-corrected chi connectivity index (χ4v) is 2.30. The van der Waals surface area contributed by atoms with Crippen molar-refractivity contribution in [1.29, 1.82) is 0 Å². The summed E-state index contributed by atoms with van der Waals surface area (Å²) in [6.45, 7) is 4.14. The van der Waals surface area contributed by atoms with Crippen molar-refractivity contribution in [2.45, 2.75) is 19.9 Å². The highest BCUT2D eigenvalue weighted by atomic mass is 16.5. The summed E-state index contributed by atoms with van der Waals surface area (Å²) >= 11 is 0. The van der Waals surface area contributed by atoms with Crippen LogP contribution in [0.4, 0.5) is 0 Å². The van der Waals surface area contributed by atoms with Crippen LogP contribution in [0.3, 0.4) is 0 Å². The molecule has 1 atom stereocenters. The fraction of sp³-hybridized carbons (Fsp3) is 0.333. The van der Waals surface area contributed by atoms with Gasteiger partial charge in [-0.1, -0.05) is 6.07 Å². The lowest BCUT2D eigenvalue weighted by atomic mass is 9.94. The Balaban J connectivity index is 2.47. The number of nitrogens with zero attached hydrogens (tertiary/aromatic N) is 2. The third kappa shape index (κ3) is 2.74. The molecule has 19 heavy (non-hydrogen) atoms. The van der Waals surface area contributed by atoms with E-state index in [1.807, 2.05) is 19.4 Å². The molecule has 1 unspecified atom stereocenters. The van der Waals surface area contributed by atoms with Crippen LogP contribution in [0.15, 0.2) is 30.9 Å². The largest absolute Gasteiger partial charge is 0.496 e. The van der Waals surface area contributed by atoms with Gasteiger partial charge in [-0.05, 0) is 43.7 Å². The normalized spacial score (nSPS) is 12.2. The van der Waals surface area contributed by atoms with Gasteiger partial charge in [0.25, 0.3) is 0 Å². The van der Waals surface area contributed by atoms with E-state index in [0.29, 0.717) is 0 Å². The minimum atomic E-state index is 0.0887. The number of aromatic nitrogens is 2. The van der Waals surface area contributed by atoms with Gasteiger partial charge in [0.2, 0.25) is 0 Å². The van der Waals surface area contributed by atoms with E-state index in [2.05, 4.69) is 41.3 Å². The van der Waals surface area contributed by atoms with E-state index in [1.165, 1.54) is 11.1 Å². The molecule has 100 valence electrons. The molecule has 0 spiro atoms. The number of hydrogen-bond acceptors (Lipinski definition) is 4. The Kier molecular flexibility index (Phi) is 4.12. The number of ether oxygens (including phenoxy) is 1. The predicted molar refractivity (Wildman–Crippen MR) is 75.4 cm³/mol. The second-order valence-electron chi connectivity index (χ2n) is 4.57. The van der Waals surface area contributed by atoms with E-state index >= 15 is 0 Å². The van der Waals surface area contributed by atoms with Gasteiger partial charge < -0.3 is 10.1 Å². The maximum absolute atomic E-state index is 5.35. The summed E-state index contributed by atoms with van der Waals surface area (Å²) in [5.41, 5.74) is 4.58. The lowest BCUT2D eigenvalue weighted by Gasteiger charge is -2.20. The number of hydrogen-bond donors (Lipinski definition) is 1. The van der Waals surface area contributed by atoms with E-state index in [1.54, 1.807) is 13.4 Å². The van der Waals surface area contributed by atoms with Crippen LogP contribution >= 0.6 is 0 Å². The van der Waals surface area contributed by atoms with E-state index < -0.39 is 0 Å². The van der Waals surface area contributed by atoms with Crippen molar-refractivity contribution >= 4 is 0 Å². The summed E-state index contributed by atoms with van der Waals surface area (Å²) in [4.78, 5) is 8.18. The Morgan fingerprint density at radius 1 is 1.11 bits per heavy atom. The van der Waals surface area contributed by atoms with Crippen molar-refractivity contribution in [2.75, 3.05) is 14.2 Å². The molecule has 2 aromatic rings. The van der Waals surface area contributed by atoms with Crippen molar-refractivity contribution in [1.82, 2.24) is 15.3 Å². The van der Waals surface area contributed by atoms with E-state index in [0.717, 1.165) is 16.9 Å². The molecule has 0 aliphatic carbocycles. The zero-order chi connectivity index (χ0) is 13.8. The van der Waals surface area contributed by atoms with Crippen molar-refractivity contribution in [2.24, 2.45) is 0 Å². The molecule has 0 bridgehead atoms. The lowest BCUT2D eigenvalue weighted by Crippen LogP contribution is -2.19. The molecule has 2 rings (SSSR count). The average Bonchev–Trinajstić information content (AvgIpc) is 2.44. The Labute approximate surface area is 113 Å². The van der Waals surface area contributed by atoms with Gasteiger partial charge in [-0.15, -0.1) is 0 Å². The van der Waals surface area contributed by atoms with Gasteiger partial charge in [0.05, 0.1) is 13.2 Å². The van der Waals surface area contributed by atoms with Crippen LogP contribution in [-0.4, -0.2) is 24.1 Å². The first-order valence-electron chi connectivity index (χ1n) is 6.24. The number of benzene rings is 1. The third-order valence-electron chi connectivity index (χ3n) is 3.30. The zero-order valence-electron chi connectivity index (χ0n) is 11.8. The maximum Gasteiger partial charge on any atom is 0.122 e. The van der Waals surface area contributed by atoms with Gasteiger partial charge >= 0.3 is 0 Å². The molecule has 0 saturated carbocycles. The van der Waals surface area contributed by atoms with Gasteiger partial charge in [-0.25, -0.2) is 9.97 Å². The topological polar surface area (TPSA) is 47.0 Å². The van der Waals surface area contributed by atoms with Crippen molar-refractivity contribution < 1.29 is 4.74 Å². The van der Waals surface area contributed by atoms with E-state index in [4.69, 9.17) is 4.74 Å². The van der Waals surface area contributed by atoms with Gasteiger partial charge in [-0.2, -0.15) is 0 Å². The summed E-state index contributed by atoms with van der Waals surface area (Å²) in [5, 5.41) is 3.32. The summed E-state index contributed by atoms with van der Waals surface area (Å²) in [6, 6.07) is 4.31. The van der Waals surface area contributed by atoms with Crippen LogP contribution in [0, 0.1) is 13.8 Å². The van der Waals surface area contributed by atoms with Crippen LogP contribution in [0.25, 0.3) is 0 Å². The second kappa shape index (κ2) is 5.80. The highest BCUT2D eigenvalue weighted by molar-refractivity contribution is 5.45. The molecular weight excluding hydrogens is 238 g/mol. The highest BCUT2D eigenvalue weighted by Gasteiger charge is 2.16. The zero-order valence-corrected chi connectivity index (χ0v) is 11.8. The Morgan fingerprint density at radius 3 is 2.37 bits per heavy atom. The summed E-state index contributed by atoms with van der Waals surface area (Å²) < 4.78 is 5.35. The van der Waals surface area contributed by atoms with E-state index in [-0.39, 0.29) is 6.04 Å². The minimum absolute atomic E-state index is 0.0887. The molecule has 1 aromatic heterocycles. The van der Waals surface area contributed by atoms with Crippen molar-refractivity contribution in [3.8, 4) is 5.75 Å². The summed E-state index contributed by atoms with van der Waals surface area (Å²) in [7, 11) is 3.64. The third-order valence-corrected chi connectivity index (χ3v) is 3.30. The molecule has 0 saturated heterocycles. The molecular formula is C15H19N3O. The Morgan fingerprint density at radius 2 is 1.79 bits per heavy atom. The average molecular weight is 257 g/mol. The van der Waals surface area contributed by atoms with E-state index in [9.17, 15) is 0 Å². The SMILES string of the molecule is CNC(c1cncnc1)c1cc(C)c(OC)cc1C. The van der Waals surface area contributed by atoms with Crippen LogP contribution < -0.4 is 10.1 Å². The molecule has 0 fully saturated rings. The lowest BCUT2D eigenvalue weighted by molar-refractivity contribution is 0.411. The first-order valence-corrected chi connectivity index (χ1v) is 6.24. The fourth-order valence-electron chi connectivity index (χ4n) is 2.30. The molecule has 4 heteroatoms. The predicted octanol–water partition coefficient (Wildman–Crippen LogP) is 2.41. The quantitative estimate of drug-likeness (QED) is 0.913. The maximum atomic E-state index is 5.35. The standard InChI is InChI=1S/C15H19N3O/c1-10-6-14(19-4)11(2)5-13(10)15(16-3)12-7-17-9-18-8-12/h5-9,15-16H,1-4H3. The van der Waals surface area contributed by atoms with Crippen LogP contribution in [0.1, 0.15) is 28.3 Å². The van der Waals surface area contributed by atoms with Gasteiger partial charge in [-0.3, -0.25) is 0 Å². The van der Waals surface area contributed by atoms with Gasteiger partial charge in [0, 0.05) is 18.0 Å². The van der Waals surface area contributed by atoms with Crippen molar-refractivity contribution in [3.05, 3.63) is 53.1 Å². The highest BCUT2D eigenvalue weighted by Crippen LogP contribution is 2.29. The Hall–Kier alpha value is -1.94. The number of methoxy groups -OCH3 is 1. The number of rotatable bonds is 4. The first-order chi connectivity index (χ1) is 9.17. The summed E-state index contributed by atoms with van der Waals surface area (Å²) in [5.74, 6) is 0.917. The number of aryl methyl sites for hydroxylation is 2. The minimum Gasteiger partial charge on any atom is -0.496 e. The van der Waals surface area contributed by atoms with Crippen LogP contribution in [-0.2, 0) is 0 Å². The molecule has 0 amide bonds. The molecule has 0 radical (unpaired) electrons. The van der Waals surface area contributed by atoms with Crippen LogP contribution in [0.2, 0.25) is 0 Å². The molecule has 1 heterocycles. The van der Waals surface area contributed by atoms with Gasteiger partial charge in [0.1, 0.15) is 12.1 Å².